The molecule has 0 aromatic heterocycles. The third-order valence-corrected chi connectivity index (χ3v) is 5.13. The minimum Gasteiger partial charge on any atom is -0.500 e. The highest BCUT2D eigenvalue weighted by Crippen LogP contribution is 2.38. The van der Waals surface area contributed by atoms with E-state index in [1.165, 1.54) is 18.0 Å². The molecule has 1 aliphatic heterocycles. The molecule has 6 nitrogen and oxygen atoms in total. The third-order valence-electron chi connectivity index (χ3n) is 3.88. The number of amides is 1. The smallest absolute Gasteiger partial charge is 0.323 e. The van der Waals surface area contributed by atoms with Crippen molar-refractivity contribution in [2.24, 2.45) is 5.92 Å². The van der Waals surface area contributed by atoms with Crippen molar-refractivity contribution in [1.29, 1.82) is 5.26 Å². The molecule has 1 fully saturated rings. The van der Waals surface area contributed by atoms with Gasteiger partial charge in [-0.1, -0.05) is 42.1 Å². The van der Waals surface area contributed by atoms with Gasteiger partial charge in [0.25, 0.3) is 5.91 Å². The standard InChI is InChI=1S/C19H22N2O4S/c1-3-21-17(26-16(18(21)22)13-24-4-2)10-15(11-20)19(23)25-12-14-8-6-5-7-9-14/h5-9,13,15,17H,3-4,10,12H2,1-2H3/b16-13-. The molecule has 7 heteroatoms. The summed E-state index contributed by atoms with van der Waals surface area (Å²) in [5.74, 6) is -1.63. The number of rotatable bonds is 8. The molecule has 138 valence electrons. The molecule has 0 N–H and O–H groups in total. The van der Waals surface area contributed by atoms with Crippen molar-refractivity contribution in [2.45, 2.75) is 32.2 Å². The van der Waals surface area contributed by atoms with Crippen molar-refractivity contribution < 1.29 is 19.1 Å². The number of nitriles is 1. The van der Waals surface area contributed by atoms with Crippen LogP contribution in [0.4, 0.5) is 0 Å². The van der Waals surface area contributed by atoms with E-state index in [1.54, 1.807) is 4.90 Å². The van der Waals surface area contributed by atoms with Crippen LogP contribution in [0.25, 0.3) is 0 Å². The Bertz CT molecular complexity index is 699. The summed E-state index contributed by atoms with van der Waals surface area (Å²) in [7, 11) is 0. The van der Waals surface area contributed by atoms with Gasteiger partial charge in [-0.15, -0.1) is 0 Å². The quantitative estimate of drug-likeness (QED) is 0.395. The average Bonchev–Trinajstić information content (AvgIpc) is 2.97. The van der Waals surface area contributed by atoms with Crippen LogP contribution >= 0.6 is 11.8 Å². The van der Waals surface area contributed by atoms with Gasteiger partial charge in [-0.25, -0.2) is 0 Å². The monoisotopic (exact) mass is 374 g/mol. The maximum atomic E-state index is 12.4. The van der Waals surface area contributed by atoms with E-state index in [9.17, 15) is 14.9 Å². The number of hydrogen-bond acceptors (Lipinski definition) is 6. The number of nitrogens with zero attached hydrogens (tertiary/aromatic N) is 2. The highest BCUT2D eigenvalue weighted by atomic mass is 32.2. The van der Waals surface area contributed by atoms with E-state index in [0.717, 1.165) is 5.56 Å². The first kappa shape index (κ1) is 19.9. The van der Waals surface area contributed by atoms with Gasteiger partial charge in [0, 0.05) is 13.0 Å². The van der Waals surface area contributed by atoms with Gasteiger partial charge in [0.05, 0.1) is 18.0 Å². The maximum Gasteiger partial charge on any atom is 0.323 e. The Morgan fingerprint density at radius 1 is 1.38 bits per heavy atom. The lowest BCUT2D eigenvalue weighted by Crippen LogP contribution is -2.34. The van der Waals surface area contributed by atoms with E-state index in [2.05, 4.69) is 0 Å². The lowest BCUT2D eigenvalue weighted by molar-refractivity contribution is -0.148. The second-order valence-corrected chi connectivity index (χ2v) is 6.83. The normalized spacial score (nSPS) is 19.3. The van der Waals surface area contributed by atoms with Crippen molar-refractivity contribution in [3.8, 4) is 6.07 Å². The number of esters is 1. The Morgan fingerprint density at radius 3 is 2.73 bits per heavy atom. The SMILES string of the molecule is CCO/C=C1\SC(CC(C#N)C(=O)OCc2ccccc2)N(CC)C1=O. The van der Waals surface area contributed by atoms with Crippen LogP contribution in [0.15, 0.2) is 41.5 Å². The largest absolute Gasteiger partial charge is 0.500 e. The first-order chi connectivity index (χ1) is 12.6. The van der Waals surface area contributed by atoms with E-state index in [-0.39, 0.29) is 24.3 Å². The number of hydrogen-bond donors (Lipinski definition) is 0. The van der Waals surface area contributed by atoms with Gasteiger partial charge < -0.3 is 14.4 Å². The van der Waals surface area contributed by atoms with Crippen molar-refractivity contribution in [1.82, 2.24) is 4.90 Å². The first-order valence-electron chi connectivity index (χ1n) is 8.50. The third kappa shape index (κ3) is 5.02. The van der Waals surface area contributed by atoms with Crippen LogP contribution < -0.4 is 0 Å². The number of ether oxygens (including phenoxy) is 2. The molecule has 0 aliphatic carbocycles. The van der Waals surface area contributed by atoms with Crippen LogP contribution in [0.1, 0.15) is 25.8 Å². The Balaban J connectivity index is 1.98. The van der Waals surface area contributed by atoms with Gasteiger partial charge in [-0.2, -0.15) is 5.26 Å². The molecule has 0 bridgehead atoms. The van der Waals surface area contributed by atoms with Crippen LogP contribution in [0.3, 0.4) is 0 Å². The predicted molar refractivity (Wildman–Crippen MR) is 98.4 cm³/mol. The number of likely N-dealkylation sites (N-methyl/N-ethyl adjacent to an activating group) is 1. The van der Waals surface area contributed by atoms with Gasteiger partial charge in [0.2, 0.25) is 0 Å². The van der Waals surface area contributed by atoms with E-state index < -0.39 is 11.9 Å². The first-order valence-corrected chi connectivity index (χ1v) is 9.38. The van der Waals surface area contributed by atoms with Crippen LogP contribution in [0.2, 0.25) is 0 Å². The number of carbonyl (C=O) groups excluding carboxylic acids is 2. The highest BCUT2D eigenvalue weighted by Gasteiger charge is 2.38. The second kappa shape index (κ2) is 9.88. The molecule has 2 rings (SSSR count). The van der Waals surface area contributed by atoms with E-state index in [1.807, 2.05) is 50.2 Å². The zero-order valence-electron chi connectivity index (χ0n) is 14.9. The predicted octanol–water partition coefficient (Wildman–Crippen LogP) is 3.06. The second-order valence-electron chi connectivity index (χ2n) is 5.61. The molecule has 1 heterocycles. The lowest BCUT2D eigenvalue weighted by Gasteiger charge is -2.22. The molecule has 1 saturated heterocycles. The Kier molecular flexibility index (Phi) is 7.54. The van der Waals surface area contributed by atoms with Gasteiger partial charge in [0.15, 0.2) is 0 Å². The molecule has 0 radical (unpaired) electrons. The molecule has 0 saturated carbocycles. The minimum atomic E-state index is -0.926. The molecule has 2 unspecified atom stereocenters. The fraction of sp³-hybridized carbons (Fsp3) is 0.421. The van der Waals surface area contributed by atoms with Crippen LogP contribution in [-0.2, 0) is 25.7 Å². The minimum absolute atomic E-state index is 0.127. The zero-order valence-corrected chi connectivity index (χ0v) is 15.7. The maximum absolute atomic E-state index is 12.4. The Morgan fingerprint density at radius 2 is 2.12 bits per heavy atom. The van der Waals surface area contributed by atoms with Gasteiger partial charge in [0.1, 0.15) is 23.7 Å². The van der Waals surface area contributed by atoms with Crippen molar-refractivity contribution in [3.63, 3.8) is 0 Å². The summed E-state index contributed by atoms with van der Waals surface area (Å²) >= 11 is 1.32. The van der Waals surface area contributed by atoms with Crippen molar-refractivity contribution in [3.05, 3.63) is 47.1 Å². The zero-order chi connectivity index (χ0) is 18.9. The number of carbonyl (C=O) groups is 2. The van der Waals surface area contributed by atoms with Crippen LogP contribution in [-0.4, -0.2) is 35.3 Å². The van der Waals surface area contributed by atoms with Crippen molar-refractivity contribution >= 4 is 23.6 Å². The lowest BCUT2D eigenvalue weighted by atomic mass is 10.1. The molecular formula is C19H22N2O4S. The summed E-state index contributed by atoms with van der Waals surface area (Å²) in [4.78, 5) is 26.8. The van der Waals surface area contributed by atoms with Crippen LogP contribution in [0, 0.1) is 17.2 Å². The average molecular weight is 374 g/mol. The van der Waals surface area contributed by atoms with Crippen LogP contribution in [0.5, 0.6) is 0 Å². The molecule has 26 heavy (non-hydrogen) atoms. The molecular weight excluding hydrogens is 352 g/mol. The number of benzene rings is 1. The fourth-order valence-corrected chi connectivity index (χ4v) is 3.82. The highest BCUT2D eigenvalue weighted by molar-refractivity contribution is 8.05. The summed E-state index contributed by atoms with van der Waals surface area (Å²) in [6.07, 6.45) is 1.67. The molecule has 1 amide bonds. The number of thioether (sulfide) groups is 1. The summed E-state index contributed by atoms with van der Waals surface area (Å²) < 4.78 is 10.5. The Hall–Kier alpha value is -2.46. The van der Waals surface area contributed by atoms with Gasteiger partial charge in [-0.3, -0.25) is 9.59 Å². The topological polar surface area (TPSA) is 79.6 Å². The summed E-state index contributed by atoms with van der Waals surface area (Å²) in [5.41, 5.74) is 0.861. The van der Waals surface area contributed by atoms with E-state index >= 15 is 0 Å². The van der Waals surface area contributed by atoms with E-state index in [4.69, 9.17) is 9.47 Å². The molecule has 1 aromatic rings. The van der Waals surface area contributed by atoms with Gasteiger partial charge in [-0.05, 0) is 19.4 Å². The van der Waals surface area contributed by atoms with Crippen molar-refractivity contribution in [2.75, 3.05) is 13.2 Å². The molecule has 1 aliphatic rings. The molecule has 1 aromatic carbocycles. The molecule has 2 atom stereocenters. The summed E-state index contributed by atoms with van der Waals surface area (Å²) in [6.45, 7) is 4.80. The fourth-order valence-electron chi connectivity index (χ4n) is 2.53. The van der Waals surface area contributed by atoms with Gasteiger partial charge >= 0.3 is 5.97 Å². The Labute approximate surface area is 157 Å². The molecule has 0 spiro atoms. The summed E-state index contributed by atoms with van der Waals surface area (Å²) in [6, 6.07) is 11.3. The van der Waals surface area contributed by atoms with E-state index in [0.29, 0.717) is 18.1 Å². The summed E-state index contributed by atoms with van der Waals surface area (Å²) in [5, 5.41) is 9.10.